The SMILES string of the molecule is COC(=O)[C@H](CCCCO)NC(=O)[C@H](CC(C)C)NC(=O)[C@H](Cc1ccc(O)cc1)NC(=O)OCc1ccccc1. The van der Waals surface area contributed by atoms with Gasteiger partial charge in [-0.15, -0.1) is 0 Å². The molecule has 41 heavy (non-hydrogen) atoms. The van der Waals surface area contributed by atoms with E-state index in [1.807, 2.05) is 32.0 Å². The van der Waals surface area contributed by atoms with E-state index in [9.17, 15) is 24.3 Å². The van der Waals surface area contributed by atoms with Gasteiger partial charge in [0.2, 0.25) is 11.8 Å². The average molecular weight is 572 g/mol. The zero-order valence-electron chi connectivity index (χ0n) is 23.8. The Bertz CT molecular complexity index is 1110. The first kappa shape index (κ1) is 33.1. The highest BCUT2D eigenvalue weighted by Crippen LogP contribution is 2.13. The average Bonchev–Trinajstić information content (AvgIpc) is 2.95. The van der Waals surface area contributed by atoms with Crippen LogP contribution in [0.15, 0.2) is 54.6 Å². The van der Waals surface area contributed by atoms with Gasteiger partial charge >= 0.3 is 12.1 Å². The normalized spacial score (nSPS) is 13.0. The van der Waals surface area contributed by atoms with Crippen LogP contribution in [0, 0.1) is 5.92 Å². The number of amides is 3. The maximum atomic E-state index is 13.5. The summed E-state index contributed by atoms with van der Waals surface area (Å²) in [5.41, 5.74) is 1.43. The lowest BCUT2D eigenvalue weighted by Crippen LogP contribution is -2.56. The van der Waals surface area contributed by atoms with E-state index >= 15 is 0 Å². The number of nitrogens with one attached hydrogen (secondary N) is 3. The van der Waals surface area contributed by atoms with Crippen molar-refractivity contribution in [2.75, 3.05) is 13.7 Å². The Morgan fingerprint density at radius 3 is 2.05 bits per heavy atom. The van der Waals surface area contributed by atoms with Crippen LogP contribution in [-0.2, 0) is 36.9 Å². The van der Waals surface area contributed by atoms with Crippen LogP contribution in [0.4, 0.5) is 4.79 Å². The second kappa shape index (κ2) is 17.5. The highest BCUT2D eigenvalue weighted by Gasteiger charge is 2.30. The predicted molar refractivity (Wildman–Crippen MR) is 152 cm³/mol. The number of unbranched alkanes of at least 4 members (excludes halogenated alkanes) is 1. The number of phenols is 1. The molecule has 0 saturated heterocycles. The van der Waals surface area contributed by atoms with Crippen LogP contribution >= 0.6 is 0 Å². The monoisotopic (exact) mass is 571 g/mol. The number of carbonyl (C=O) groups excluding carboxylic acids is 4. The number of aliphatic hydroxyl groups excluding tert-OH is 1. The van der Waals surface area contributed by atoms with Gasteiger partial charge in [0.15, 0.2) is 0 Å². The van der Waals surface area contributed by atoms with Gasteiger partial charge in [-0.25, -0.2) is 9.59 Å². The summed E-state index contributed by atoms with van der Waals surface area (Å²) in [7, 11) is 1.22. The van der Waals surface area contributed by atoms with Gasteiger partial charge in [-0.3, -0.25) is 9.59 Å². The molecule has 2 aromatic rings. The third kappa shape index (κ3) is 12.3. The van der Waals surface area contributed by atoms with Crippen molar-refractivity contribution < 1.29 is 38.9 Å². The molecular weight excluding hydrogens is 530 g/mol. The van der Waals surface area contributed by atoms with Gasteiger partial charge < -0.3 is 35.6 Å². The first-order valence-corrected chi connectivity index (χ1v) is 13.7. The number of phenolic OH excluding ortho intramolecular Hbond substituents is 1. The smallest absolute Gasteiger partial charge is 0.408 e. The maximum Gasteiger partial charge on any atom is 0.408 e. The van der Waals surface area contributed by atoms with Gasteiger partial charge in [0.25, 0.3) is 0 Å². The summed E-state index contributed by atoms with van der Waals surface area (Å²) in [4.78, 5) is 51.6. The number of ether oxygens (including phenoxy) is 2. The highest BCUT2D eigenvalue weighted by atomic mass is 16.5. The number of methoxy groups -OCH3 is 1. The minimum absolute atomic E-state index is 0.00377. The minimum atomic E-state index is -1.11. The van der Waals surface area contributed by atoms with Crippen LogP contribution in [0.3, 0.4) is 0 Å². The quantitative estimate of drug-likeness (QED) is 0.152. The van der Waals surface area contributed by atoms with Crippen LogP contribution in [0.5, 0.6) is 5.75 Å². The second-order valence-corrected chi connectivity index (χ2v) is 10.1. The van der Waals surface area contributed by atoms with E-state index in [1.165, 1.54) is 19.2 Å². The third-order valence-corrected chi connectivity index (χ3v) is 6.24. The number of benzene rings is 2. The Morgan fingerprint density at radius 2 is 1.44 bits per heavy atom. The number of alkyl carbamates (subject to hydrolysis) is 1. The largest absolute Gasteiger partial charge is 0.508 e. The molecular formula is C30H41N3O8. The summed E-state index contributed by atoms with van der Waals surface area (Å²) in [5, 5.41) is 26.7. The number of hydrogen-bond acceptors (Lipinski definition) is 8. The number of hydrogen-bond donors (Lipinski definition) is 5. The maximum absolute atomic E-state index is 13.5. The van der Waals surface area contributed by atoms with Crippen molar-refractivity contribution in [3.05, 3.63) is 65.7 Å². The summed E-state index contributed by atoms with van der Waals surface area (Å²) in [6.45, 7) is 3.73. The molecule has 5 N–H and O–H groups in total. The first-order valence-electron chi connectivity index (χ1n) is 13.7. The Morgan fingerprint density at radius 1 is 0.805 bits per heavy atom. The molecule has 0 heterocycles. The van der Waals surface area contributed by atoms with Crippen molar-refractivity contribution in [1.82, 2.24) is 16.0 Å². The standard InChI is InChI=1S/C30H41N3O8/c1-20(2)17-25(27(36)31-24(29(38)40-3)11-7-8-16-34)32-28(37)26(18-21-12-14-23(35)15-13-21)33-30(39)41-19-22-9-5-4-6-10-22/h4-6,9-10,12-15,20,24-26,34-35H,7-8,11,16-19H2,1-3H3,(H,31,36)(H,32,37)(H,33,39)/t24-,25-,26-/m0/s1. The van der Waals surface area contributed by atoms with Gasteiger partial charge in [-0.2, -0.15) is 0 Å². The highest BCUT2D eigenvalue weighted by molar-refractivity contribution is 5.93. The van der Waals surface area contributed by atoms with Crippen LogP contribution in [0.1, 0.15) is 50.7 Å². The van der Waals surface area contributed by atoms with E-state index in [-0.39, 0.29) is 44.1 Å². The molecule has 3 atom stereocenters. The molecule has 2 rings (SSSR count). The second-order valence-electron chi connectivity index (χ2n) is 10.1. The Balaban J connectivity index is 2.18. The van der Waals surface area contributed by atoms with E-state index in [2.05, 4.69) is 16.0 Å². The minimum Gasteiger partial charge on any atom is -0.508 e. The summed E-state index contributed by atoms with van der Waals surface area (Å²) in [5.74, 6) is -1.75. The van der Waals surface area contributed by atoms with E-state index in [1.54, 1.807) is 24.3 Å². The lowest BCUT2D eigenvalue weighted by Gasteiger charge is -2.26. The number of aromatic hydroxyl groups is 1. The zero-order chi connectivity index (χ0) is 30.2. The molecule has 0 aromatic heterocycles. The van der Waals surface area contributed by atoms with E-state index in [4.69, 9.17) is 14.6 Å². The number of rotatable bonds is 16. The Kier molecular flexibility index (Phi) is 14.2. The molecule has 224 valence electrons. The van der Waals surface area contributed by atoms with Crippen LogP contribution < -0.4 is 16.0 Å². The van der Waals surface area contributed by atoms with Crippen LogP contribution in [0.25, 0.3) is 0 Å². The predicted octanol–water partition coefficient (Wildman–Crippen LogP) is 2.58. The number of aliphatic hydroxyl groups is 1. The molecule has 0 spiro atoms. The van der Waals surface area contributed by atoms with Crippen LogP contribution in [0.2, 0.25) is 0 Å². The lowest BCUT2D eigenvalue weighted by molar-refractivity contribution is -0.145. The molecule has 11 nitrogen and oxygen atoms in total. The molecule has 0 aliphatic rings. The van der Waals surface area contributed by atoms with Crippen molar-refractivity contribution in [3.8, 4) is 5.75 Å². The van der Waals surface area contributed by atoms with E-state index in [0.29, 0.717) is 18.4 Å². The zero-order valence-corrected chi connectivity index (χ0v) is 23.8. The van der Waals surface area contributed by atoms with Crippen molar-refractivity contribution in [2.45, 2.75) is 70.7 Å². The van der Waals surface area contributed by atoms with Crippen molar-refractivity contribution in [2.24, 2.45) is 5.92 Å². The summed E-state index contributed by atoms with van der Waals surface area (Å²) in [6.07, 6.45) is 0.732. The molecule has 3 amide bonds. The fraction of sp³-hybridized carbons (Fsp3) is 0.467. The third-order valence-electron chi connectivity index (χ3n) is 6.24. The van der Waals surface area contributed by atoms with Crippen LogP contribution in [-0.4, -0.2) is 65.9 Å². The molecule has 2 aromatic carbocycles. The fourth-order valence-corrected chi connectivity index (χ4v) is 4.08. The summed E-state index contributed by atoms with van der Waals surface area (Å²) >= 11 is 0. The molecule has 0 unspecified atom stereocenters. The van der Waals surface area contributed by atoms with E-state index < -0.39 is 42.0 Å². The Hall–Kier alpha value is -4.12. The van der Waals surface area contributed by atoms with Gasteiger partial charge in [-0.1, -0.05) is 56.3 Å². The molecule has 0 radical (unpaired) electrons. The van der Waals surface area contributed by atoms with Crippen molar-refractivity contribution in [3.63, 3.8) is 0 Å². The van der Waals surface area contributed by atoms with Crippen molar-refractivity contribution in [1.29, 1.82) is 0 Å². The summed E-state index contributed by atoms with van der Waals surface area (Å²) in [6, 6.07) is 12.2. The van der Waals surface area contributed by atoms with Gasteiger partial charge in [0, 0.05) is 13.0 Å². The number of carbonyl (C=O) groups is 4. The lowest BCUT2D eigenvalue weighted by atomic mass is 10.0. The topological polar surface area (TPSA) is 163 Å². The Labute approximate surface area is 240 Å². The molecule has 0 aliphatic heterocycles. The van der Waals surface area contributed by atoms with Crippen molar-refractivity contribution >= 4 is 23.9 Å². The summed E-state index contributed by atoms with van der Waals surface area (Å²) < 4.78 is 10.1. The van der Waals surface area contributed by atoms with E-state index in [0.717, 1.165) is 5.56 Å². The molecule has 0 saturated carbocycles. The number of esters is 1. The molecule has 0 bridgehead atoms. The molecule has 11 heteroatoms. The van der Waals surface area contributed by atoms with Gasteiger partial charge in [-0.05, 0) is 54.9 Å². The first-order chi connectivity index (χ1) is 19.6. The van der Waals surface area contributed by atoms with Gasteiger partial charge in [0.05, 0.1) is 7.11 Å². The molecule has 0 aliphatic carbocycles. The van der Waals surface area contributed by atoms with Gasteiger partial charge in [0.1, 0.15) is 30.5 Å². The fourth-order valence-electron chi connectivity index (χ4n) is 4.08. The molecule has 0 fully saturated rings.